The molecule has 0 aliphatic heterocycles. The Kier molecular flexibility index (Phi) is 6.05. The van der Waals surface area contributed by atoms with Gasteiger partial charge in [-0.3, -0.25) is 0 Å². The number of nitrogens with one attached hydrogen (secondary N) is 1. The largest absolute Gasteiger partial charge is 0.377 e. The lowest BCUT2D eigenvalue weighted by molar-refractivity contribution is 0.252. The summed E-state index contributed by atoms with van der Waals surface area (Å²) in [5, 5.41) is 3.42. The van der Waals surface area contributed by atoms with Crippen LogP contribution < -0.4 is 5.32 Å². The molecule has 0 spiro atoms. The van der Waals surface area contributed by atoms with Crippen LogP contribution in [0.3, 0.4) is 0 Å². The van der Waals surface area contributed by atoms with Crippen LogP contribution in [0.5, 0.6) is 0 Å². The lowest BCUT2D eigenvalue weighted by atomic mass is 10.0. The molecule has 112 valence electrons. The second-order valence-corrected chi connectivity index (χ2v) is 5.80. The number of thioether (sulfide) groups is 1. The third-order valence-corrected chi connectivity index (χ3v) is 4.00. The molecule has 0 aromatic heterocycles. The second kappa shape index (κ2) is 8.03. The van der Waals surface area contributed by atoms with Crippen LogP contribution in [0.2, 0.25) is 0 Å². The van der Waals surface area contributed by atoms with Crippen LogP contribution in [0.15, 0.2) is 59.5 Å². The zero-order chi connectivity index (χ0) is 15.1. The molecule has 0 amide bonds. The first-order chi connectivity index (χ1) is 10.2. The van der Waals surface area contributed by atoms with E-state index in [1.165, 1.54) is 5.56 Å². The molecule has 0 radical (unpaired) electrons. The normalized spacial score (nSPS) is 12.4. The summed E-state index contributed by atoms with van der Waals surface area (Å²) in [7, 11) is 0. The number of anilines is 1. The summed E-state index contributed by atoms with van der Waals surface area (Å²) in [6.45, 7) is 2.12. The van der Waals surface area contributed by atoms with Gasteiger partial charge in [-0.05, 0) is 24.1 Å². The summed E-state index contributed by atoms with van der Waals surface area (Å²) < 4.78 is 25.3. The minimum atomic E-state index is -2.41. The van der Waals surface area contributed by atoms with E-state index < -0.39 is 5.76 Å². The van der Waals surface area contributed by atoms with Crippen LogP contribution in [-0.2, 0) is 0 Å². The van der Waals surface area contributed by atoms with Crippen LogP contribution in [0.1, 0.15) is 31.4 Å². The van der Waals surface area contributed by atoms with Crippen LogP contribution in [0.4, 0.5) is 14.5 Å². The van der Waals surface area contributed by atoms with Gasteiger partial charge in [-0.1, -0.05) is 67.6 Å². The summed E-state index contributed by atoms with van der Waals surface area (Å²) in [6.07, 6.45) is 1.98. The van der Waals surface area contributed by atoms with Crippen molar-refractivity contribution in [2.24, 2.45) is 0 Å². The van der Waals surface area contributed by atoms with E-state index in [-0.39, 0.29) is 6.04 Å². The lowest BCUT2D eigenvalue weighted by Gasteiger charge is -2.21. The third kappa shape index (κ3) is 4.74. The highest BCUT2D eigenvalue weighted by atomic mass is 32.2. The molecule has 0 fully saturated rings. The maximum Gasteiger partial charge on any atom is 0.288 e. The summed E-state index contributed by atoms with van der Waals surface area (Å²) in [6, 6.07) is 17.5. The summed E-state index contributed by atoms with van der Waals surface area (Å²) in [4.78, 5) is 0.588. The molecule has 0 aliphatic carbocycles. The van der Waals surface area contributed by atoms with Crippen molar-refractivity contribution in [3.8, 4) is 0 Å². The van der Waals surface area contributed by atoms with Gasteiger partial charge in [0.15, 0.2) is 0 Å². The Labute approximate surface area is 128 Å². The summed E-state index contributed by atoms with van der Waals surface area (Å²) in [5.41, 5.74) is 1.95. The van der Waals surface area contributed by atoms with Gasteiger partial charge in [-0.2, -0.15) is 8.78 Å². The molecular formula is C17H19F2NS. The Morgan fingerprint density at radius 3 is 2.33 bits per heavy atom. The van der Waals surface area contributed by atoms with E-state index in [9.17, 15) is 8.78 Å². The zero-order valence-electron chi connectivity index (χ0n) is 11.9. The van der Waals surface area contributed by atoms with Crippen molar-refractivity contribution in [3.63, 3.8) is 0 Å². The number of hydrogen-bond donors (Lipinski definition) is 1. The van der Waals surface area contributed by atoms with E-state index in [0.717, 1.165) is 18.5 Å². The summed E-state index contributed by atoms with van der Waals surface area (Å²) in [5.74, 6) is -2.41. The quantitative estimate of drug-likeness (QED) is 0.634. The molecule has 21 heavy (non-hydrogen) atoms. The molecule has 1 nitrogen and oxygen atoms in total. The van der Waals surface area contributed by atoms with E-state index in [0.29, 0.717) is 16.7 Å². The monoisotopic (exact) mass is 307 g/mol. The van der Waals surface area contributed by atoms with Crippen molar-refractivity contribution in [3.05, 3.63) is 60.2 Å². The Morgan fingerprint density at radius 1 is 1.00 bits per heavy atom. The van der Waals surface area contributed by atoms with Gasteiger partial charge in [0, 0.05) is 10.6 Å². The minimum absolute atomic E-state index is 0.135. The molecule has 0 saturated heterocycles. The van der Waals surface area contributed by atoms with Gasteiger partial charge in [-0.15, -0.1) is 0 Å². The number of halogens is 2. The van der Waals surface area contributed by atoms with Gasteiger partial charge in [-0.25, -0.2) is 0 Å². The molecule has 4 heteroatoms. The first-order valence-electron chi connectivity index (χ1n) is 7.06. The number of hydrogen-bond acceptors (Lipinski definition) is 2. The Balaban J connectivity index is 2.21. The molecular weight excluding hydrogens is 288 g/mol. The molecule has 1 atom stereocenters. The van der Waals surface area contributed by atoms with Gasteiger partial charge in [0.2, 0.25) is 0 Å². The standard InChI is InChI=1S/C17H19F2NS/c1-2-8-14(13-9-4-3-5-10-13)20-15-11-6-7-12-16(15)21-17(18)19/h3-7,9-12,14,17,20H,2,8H2,1H3. The van der Waals surface area contributed by atoms with Gasteiger partial charge >= 0.3 is 0 Å². The smallest absolute Gasteiger partial charge is 0.288 e. The topological polar surface area (TPSA) is 12.0 Å². The highest BCUT2D eigenvalue weighted by Gasteiger charge is 2.14. The molecule has 0 saturated carbocycles. The van der Waals surface area contributed by atoms with Crippen molar-refractivity contribution in [1.29, 1.82) is 0 Å². The van der Waals surface area contributed by atoms with Crippen molar-refractivity contribution < 1.29 is 8.78 Å². The van der Waals surface area contributed by atoms with Crippen molar-refractivity contribution >= 4 is 17.4 Å². The van der Waals surface area contributed by atoms with Crippen LogP contribution >= 0.6 is 11.8 Å². The highest BCUT2D eigenvalue weighted by molar-refractivity contribution is 7.99. The molecule has 2 aromatic carbocycles. The SMILES string of the molecule is CCCC(Nc1ccccc1SC(F)F)c1ccccc1. The molecule has 2 aromatic rings. The number of para-hydroxylation sites is 1. The van der Waals surface area contributed by atoms with Gasteiger partial charge < -0.3 is 5.32 Å². The van der Waals surface area contributed by atoms with E-state index in [1.807, 2.05) is 30.3 Å². The predicted octanol–water partition coefficient (Wildman–Crippen LogP) is 5.95. The Morgan fingerprint density at radius 2 is 1.67 bits per heavy atom. The molecule has 0 bridgehead atoms. The van der Waals surface area contributed by atoms with E-state index in [1.54, 1.807) is 12.1 Å². The van der Waals surface area contributed by atoms with Crippen molar-refractivity contribution in [2.75, 3.05) is 5.32 Å². The number of rotatable bonds is 7. The fourth-order valence-electron chi connectivity index (χ4n) is 2.27. The maximum absolute atomic E-state index is 12.6. The predicted molar refractivity (Wildman–Crippen MR) is 86.0 cm³/mol. The van der Waals surface area contributed by atoms with Crippen molar-refractivity contribution in [2.45, 2.75) is 36.5 Å². The van der Waals surface area contributed by atoms with Crippen LogP contribution in [-0.4, -0.2) is 5.76 Å². The van der Waals surface area contributed by atoms with Crippen LogP contribution in [0.25, 0.3) is 0 Å². The second-order valence-electron chi connectivity index (χ2n) is 4.77. The zero-order valence-corrected chi connectivity index (χ0v) is 12.7. The number of alkyl halides is 2. The molecule has 1 unspecified atom stereocenters. The number of benzene rings is 2. The highest BCUT2D eigenvalue weighted by Crippen LogP contribution is 2.34. The first-order valence-corrected chi connectivity index (χ1v) is 7.94. The average Bonchev–Trinajstić information content (AvgIpc) is 2.49. The first kappa shape index (κ1) is 15.8. The fraction of sp³-hybridized carbons (Fsp3) is 0.294. The summed E-state index contributed by atoms with van der Waals surface area (Å²) >= 11 is 0.584. The average molecular weight is 307 g/mol. The Bertz CT molecular complexity index is 545. The van der Waals surface area contributed by atoms with Crippen molar-refractivity contribution in [1.82, 2.24) is 0 Å². The molecule has 2 rings (SSSR count). The van der Waals surface area contributed by atoms with Gasteiger partial charge in [0.1, 0.15) is 0 Å². The van der Waals surface area contributed by atoms with Crippen LogP contribution in [0, 0.1) is 0 Å². The van der Waals surface area contributed by atoms with Gasteiger partial charge in [0.25, 0.3) is 5.76 Å². The maximum atomic E-state index is 12.6. The Hall–Kier alpha value is -1.55. The molecule has 1 N–H and O–H groups in total. The lowest BCUT2D eigenvalue weighted by Crippen LogP contribution is -2.11. The fourth-order valence-corrected chi connectivity index (χ4v) is 2.87. The van der Waals surface area contributed by atoms with E-state index in [4.69, 9.17) is 0 Å². The third-order valence-electron chi connectivity index (χ3n) is 3.21. The molecule has 0 heterocycles. The van der Waals surface area contributed by atoms with Gasteiger partial charge in [0.05, 0.1) is 6.04 Å². The van der Waals surface area contributed by atoms with E-state index >= 15 is 0 Å². The molecule has 0 aliphatic rings. The van der Waals surface area contributed by atoms with E-state index in [2.05, 4.69) is 24.4 Å². The minimum Gasteiger partial charge on any atom is -0.377 e.